The minimum absolute atomic E-state index is 0.194. The molecule has 134 valence electrons. The van der Waals surface area contributed by atoms with Crippen LogP contribution in [0.25, 0.3) is 11.3 Å². The Hall–Kier alpha value is -2.67. The van der Waals surface area contributed by atoms with Crippen molar-refractivity contribution >= 4 is 22.4 Å². The van der Waals surface area contributed by atoms with Crippen LogP contribution in [0.1, 0.15) is 33.9 Å². The third-order valence-electron chi connectivity index (χ3n) is 4.54. The lowest BCUT2D eigenvalue weighted by Gasteiger charge is -2.06. The number of aromatic nitrogens is 3. The molecule has 0 saturated heterocycles. The normalized spacial score (nSPS) is 13.3. The summed E-state index contributed by atoms with van der Waals surface area (Å²) in [5.74, 6) is 0.563. The number of aryl methyl sites for hydroxylation is 3. The standard InChI is InChI=1S/C19H20N4O2S/c1-23-16(11-15(22-23)12-6-5-7-13(10-12)25-2)18(24)21-19-20-14-8-3-4-9-17(14)26-19/h5-7,10-11H,3-4,8-9H2,1-2H3,(H,20,21,24). The van der Waals surface area contributed by atoms with Gasteiger partial charge in [-0.2, -0.15) is 5.10 Å². The largest absolute Gasteiger partial charge is 0.497 e. The fraction of sp³-hybridized carbons (Fsp3) is 0.316. The Kier molecular flexibility index (Phi) is 4.46. The summed E-state index contributed by atoms with van der Waals surface area (Å²) in [5.41, 5.74) is 3.27. The van der Waals surface area contributed by atoms with Gasteiger partial charge in [-0.3, -0.25) is 14.8 Å². The van der Waals surface area contributed by atoms with Crippen molar-refractivity contribution in [1.29, 1.82) is 0 Å². The van der Waals surface area contributed by atoms with Gasteiger partial charge < -0.3 is 4.74 Å². The second kappa shape index (κ2) is 6.92. The molecule has 26 heavy (non-hydrogen) atoms. The van der Waals surface area contributed by atoms with E-state index in [0.29, 0.717) is 10.8 Å². The van der Waals surface area contributed by atoms with E-state index >= 15 is 0 Å². The molecule has 0 spiro atoms. The lowest BCUT2D eigenvalue weighted by Crippen LogP contribution is -2.15. The molecule has 1 aromatic carbocycles. The first-order valence-electron chi connectivity index (χ1n) is 8.62. The molecule has 3 aromatic rings. The summed E-state index contributed by atoms with van der Waals surface area (Å²) in [4.78, 5) is 18.6. The lowest BCUT2D eigenvalue weighted by atomic mass is 10.0. The van der Waals surface area contributed by atoms with Gasteiger partial charge in [0, 0.05) is 17.5 Å². The van der Waals surface area contributed by atoms with Crippen LogP contribution in [0.15, 0.2) is 30.3 Å². The quantitative estimate of drug-likeness (QED) is 0.763. The van der Waals surface area contributed by atoms with Gasteiger partial charge >= 0.3 is 0 Å². The number of rotatable bonds is 4. The Balaban J connectivity index is 1.56. The zero-order valence-electron chi connectivity index (χ0n) is 14.8. The van der Waals surface area contributed by atoms with Crippen LogP contribution in [0, 0.1) is 0 Å². The molecular formula is C19H20N4O2S. The monoisotopic (exact) mass is 368 g/mol. The van der Waals surface area contributed by atoms with Crippen molar-refractivity contribution < 1.29 is 9.53 Å². The van der Waals surface area contributed by atoms with E-state index in [0.717, 1.165) is 35.5 Å². The number of amides is 1. The average Bonchev–Trinajstić information content (AvgIpc) is 3.24. The molecule has 2 aromatic heterocycles. The van der Waals surface area contributed by atoms with E-state index in [9.17, 15) is 4.79 Å². The van der Waals surface area contributed by atoms with Gasteiger partial charge in [-0.15, -0.1) is 11.3 Å². The van der Waals surface area contributed by atoms with Crippen LogP contribution in [0.4, 0.5) is 5.13 Å². The summed E-state index contributed by atoms with van der Waals surface area (Å²) in [6, 6.07) is 9.42. The van der Waals surface area contributed by atoms with E-state index in [1.807, 2.05) is 24.3 Å². The van der Waals surface area contributed by atoms with Crippen molar-refractivity contribution in [3.05, 3.63) is 46.6 Å². The summed E-state index contributed by atoms with van der Waals surface area (Å²) in [6.45, 7) is 0. The van der Waals surface area contributed by atoms with Crippen LogP contribution < -0.4 is 10.1 Å². The number of nitrogens with zero attached hydrogens (tertiary/aromatic N) is 3. The van der Waals surface area contributed by atoms with Gasteiger partial charge in [0.1, 0.15) is 11.4 Å². The Morgan fingerprint density at radius 2 is 2.12 bits per heavy atom. The van der Waals surface area contributed by atoms with Gasteiger partial charge in [0.05, 0.1) is 18.5 Å². The zero-order chi connectivity index (χ0) is 18.1. The van der Waals surface area contributed by atoms with Crippen LogP contribution >= 0.6 is 11.3 Å². The van der Waals surface area contributed by atoms with Crippen molar-refractivity contribution in [3.8, 4) is 17.0 Å². The number of anilines is 1. The van der Waals surface area contributed by atoms with Gasteiger partial charge in [-0.1, -0.05) is 12.1 Å². The highest BCUT2D eigenvalue weighted by Crippen LogP contribution is 2.30. The Labute approximate surface area is 155 Å². The van der Waals surface area contributed by atoms with E-state index in [4.69, 9.17) is 4.74 Å². The molecular weight excluding hydrogens is 348 g/mol. The minimum atomic E-state index is -0.194. The first-order chi connectivity index (χ1) is 12.6. The maximum atomic E-state index is 12.7. The molecule has 1 amide bonds. The molecule has 1 aliphatic rings. The number of ether oxygens (including phenoxy) is 1. The first kappa shape index (κ1) is 16.8. The fourth-order valence-corrected chi connectivity index (χ4v) is 4.21. The maximum absolute atomic E-state index is 12.7. The molecule has 1 N–H and O–H groups in total. The number of carbonyl (C=O) groups excluding carboxylic acids is 1. The molecule has 6 nitrogen and oxygen atoms in total. The molecule has 0 radical (unpaired) electrons. The van der Waals surface area contributed by atoms with E-state index < -0.39 is 0 Å². The number of carbonyl (C=O) groups is 1. The highest BCUT2D eigenvalue weighted by atomic mass is 32.1. The van der Waals surface area contributed by atoms with E-state index in [-0.39, 0.29) is 5.91 Å². The molecule has 0 saturated carbocycles. The molecule has 0 aliphatic heterocycles. The van der Waals surface area contributed by atoms with Crippen molar-refractivity contribution in [1.82, 2.24) is 14.8 Å². The smallest absolute Gasteiger partial charge is 0.275 e. The lowest BCUT2D eigenvalue weighted by molar-refractivity contribution is 0.101. The molecule has 0 bridgehead atoms. The predicted octanol–water partition coefficient (Wildman–Crippen LogP) is 3.68. The van der Waals surface area contributed by atoms with Crippen LogP contribution in [0.5, 0.6) is 5.75 Å². The van der Waals surface area contributed by atoms with Gasteiger partial charge in [0.25, 0.3) is 5.91 Å². The summed E-state index contributed by atoms with van der Waals surface area (Å²) in [6.07, 6.45) is 4.45. The third-order valence-corrected chi connectivity index (χ3v) is 5.62. The topological polar surface area (TPSA) is 69.0 Å². The van der Waals surface area contributed by atoms with Gasteiger partial charge in [0.2, 0.25) is 0 Å². The van der Waals surface area contributed by atoms with E-state index in [2.05, 4.69) is 15.4 Å². The minimum Gasteiger partial charge on any atom is -0.497 e. The number of methoxy groups -OCH3 is 1. The number of hydrogen-bond acceptors (Lipinski definition) is 5. The highest BCUT2D eigenvalue weighted by Gasteiger charge is 2.19. The first-order valence-corrected chi connectivity index (χ1v) is 9.44. The molecule has 1 aliphatic carbocycles. The average molecular weight is 368 g/mol. The second-order valence-corrected chi connectivity index (χ2v) is 7.40. The summed E-state index contributed by atoms with van der Waals surface area (Å²) in [5, 5.41) is 8.07. The third kappa shape index (κ3) is 3.22. The highest BCUT2D eigenvalue weighted by molar-refractivity contribution is 7.15. The Bertz CT molecular complexity index is 937. The number of hydrogen-bond donors (Lipinski definition) is 1. The van der Waals surface area contributed by atoms with Gasteiger partial charge in [-0.05, 0) is 43.9 Å². The number of thiazole rings is 1. The predicted molar refractivity (Wildman–Crippen MR) is 102 cm³/mol. The number of fused-ring (bicyclic) bond motifs is 1. The summed E-state index contributed by atoms with van der Waals surface area (Å²) in [7, 11) is 3.40. The molecule has 7 heteroatoms. The SMILES string of the molecule is COc1cccc(-c2cc(C(=O)Nc3nc4c(s3)CCCC4)n(C)n2)c1. The molecule has 0 atom stereocenters. The molecule has 0 unspecified atom stereocenters. The number of benzene rings is 1. The van der Waals surface area contributed by atoms with E-state index in [1.165, 1.54) is 17.7 Å². The zero-order valence-corrected chi connectivity index (χ0v) is 15.6. The molecule has 4 rings (SSSR count). The van der Waals surface area contributed by atoms with Crippen molar-refractivity contribution in [2.75, 3.05) is 12.4 Å². The van der Waals surface area contributed by atoms with Gasteiger partial charge in [-0.25, -0.2) is 4.98 Å². The Morgan fingerprint density at radius 3 is 2.92 bits per heavy atom. The maximum Gasteiger partial charge on any atom is 0.275 e. The summed E-state index contributed by atoms with van der Waals surface area (Å²) >= 11 is 1.58. The summed E-state index contributed by atoms with van der Waals surface area (Å²) < 4.78 is 6.85. The van der Waals surface area contributed by atoms with Crippen LogP contribution in [-0.2, 0) is 19.9 Å². The Morgan fingerprint density at radius 1 is 1.27 bits per heavy atom. The van der Waals surface area contributed by atoms with Gasteiger partial charge in [0.15, 0.2) is 5.13 Å². The van der Waals surface area contributed by atoms with Crippen molar-refractivity contribution in [2.45, 2.75) is 25.7 Å². The van der Waals surface area contributed by atoms with E-state index in [1.54, 1.807) is 36.2 Å². The number of nitrogens with one attached hydrogen (secondary N) is 1. The van der Waals surface area contributed by atoms with Crippen molar-refractivity contribution in [3.63, 3.8) is 0 Å². The van der Waals surface area contributed by atoms with Crippen LogP contribution in [0.3, 0.4) is 0 Å². The molecule has 0 fully saturated rings. The van der Waals surface area contributed by atoms with Crippen LogP contribution in [-0.4, -0.2) is 27.8 Å². The second-order valence-electron chi connectivity index (χ2n) is 6.32. The fourth-order valence-electron chi connectivity index (χ4n) is 3.17. The van der Waals surface area contributed by atoms with Crippen molar-refractivity contribution in [2.24, 2.45) is 7.05 Å². The van der Waals surface area contributed by atoms with Crippen LogP contribution in [0.2, 0.25) is 0 Å². The molecule has 2 heterocycles.